The molecule has 4 aromatic rings. The lowest BCUT2D eigenvalue weighted by Gasteiger charge is -2.21. The van der Waals surface area contributed by atoms with E-state index in [0.717, 1.165) is 0 Å². The first kappa shape index (κ1) is 22.3. The molecule has 0 bridgehead atoms. The number of nitrogens with two attached hydrogens (primary N) is 1. The first-order valence-corrected chi connectivity index (χ1v) is 12.6. The van der Waals surface area contributed by atoms with Gasteiger partial charge in [0.2, 0.25) is 25.1 Å². The van der Waals surface area contributed by atoms with Gasteiger partial charge < -0.3 is 43.0 Å². The molecule has 2 aromatic heterocycles. The van der Waals surface area contributed by atoms with Crippen molar-refractivity contribution in [3.63, 3.8) is 0 Å². The van der Waals surface area contributed by atoms with Crippen molar-refractivity contribution >= 4 is 24.6 Å². The second-order valence-electron chi connectivity index (χ2n) is 7.68. The van der Waals surface area contributed by atoms with Gasteiger partial charge in [-0.3, -0.25) is 0 Å². The van der Waals surface area contributed by atoms with Crippen molar-refractivity contribution in [2.24, 2.45) is 0 Å². The van der Waals surface area contributed by atoms with Crippen LogP contribution in [-0.2, 0) is 15.8 Å². The number of aromatic nitrogens is 4. The first-order valence-electron chi connectivity index (χ1n) is 10.8. The summed E-state index contributed by atoms with van der Waals surface area (Å²) in [6.45, 7) is 0.580. The van der Waals surface area contributed by atoms with E-state index in [4.69, 9.17) is 38.5 Å². The molecule has 0 radical (unpaired) electrons. The zero-order valence-corrected chi connectivity index (χ0v) is 19.6. The van der Waals surface area contributed by atoms with Gasteiger partial charge in [-0.2, -0.15) is 0 Å². The van der Waals surface area contributed by atoms with Crippen molar-refractivity contribution in [3.05, 3.63) is 49.1 Å². The van der Waals surface area contributed by atoms with Gasteiger partial charge in [-0.1, -0.05) is 12.1 Å². The van der Waals surface area contributed by atoms with Crippen LogP contribution in [0.3, 0.4) is 0 Å². The minimum absolute atomic E-state index is 0.0294. The Kier molecular flexibility index (Phi) is 5.62. The van der Waals surface area contributed by atoms with Crippen LogP contribution in [0.5, 0.6) is 34.5 Å². The molecule has 0 saturated carbocycles. The highest BCUT2D eigenvalue weighted by Crippen LogP contribution is 2.55. The lowest BCUT2D eigenvalue weighted by atomic mass is 10.3. The van der Waals surface area contributed by atoms with E-state index in [0.29, 0.717) is 40.7 Å². The fourth-order valence-electron chi connectivity index (χ4n) is 3.72. The molecule has 0 fully saturated rings. The van der Waals surface area contributed by atoms with Crippen LogP contribution in [0.1, 0.15) is 0 Å². The molecule has 4 heterocycles. The summed E-state index contributed by atoms with van der Waals surface area (Å²) in [6.07, 6.45) is 2.58. The Hall–Kier alpha value is -4.22. The molecule has 2 N–H and O–H groups in total. The van der Waals surface area contributed by atoms with E-state index >= 15 is 0 Å². The number of fused-ring (bicyclic) bond motifs is 3. The Labute approximate surface area is 204 Å². The summed E-state index contributed by atoms with van der Waals surface area (Å²) in [6, 6.07) is 10.1. The summed E-state index contributed by atoms with van der Waals surface area (Å²) in [5, 5.41) is 0. The quantitative estimate of drug-likeness (QED) is 0.258. The summed E-state index contributed by atoms with van der Waals surface area (Å²) in [5.41, 5.74) is 6.90. The van der Waals surface area contributed by atoms with Crippen molar-refractivity contribution in [1.29, 1.82) is 0 Å². The number of nitrogens with zero attached hydrogens (tertiary/aromatic N) is 4. The molecule has 0 aliphatic carbocycles. The van der Waals surface area contributed by atoms with Crippen LogP contribution in [0.4, 0.5) is 5.82 Å². The smallest absolute Gasteiger partial charge is 0.453 e. The minimum atomic E-state index is -3.95. The van der Waals surface area contributed by atoms with Crippen molar-refractivity contribution in [3.8, 4) is 34.5 Å². The number of anilines is 1. The molecular weight excluding hydrogens is 493 g/mol. The molecule has 186 valence electrons. The molecule has 0 atom stereocenters. The van der Waals surface area contributed by atoms with Crippen LogP contribution in [-0.4, -0.2) is 46.1 Å². The lowest BCUT2D eigenvalue weighted by Crippen LogP contribution is -2.12. The molecule has 0 spiro atoms. The van der Waals surface area contributed by atoms with Gasteiger partial charge in [0, 0.05) is 6.54 Å². The zero-order valence-electron chi connectivity index (χ0n) is 18.7. The number of benzene rings is 2. The molecule has 6 rings (SSSR count). The highest BCUT2D eigenvalue weighted by atomic mass is 31.2. The van der Waals surface area contributed by atoms with Crippen LogP contribution in [0.15, 0.2) is 49.1 Å². The fourth-order valence-corrected chi connectivity index (χ4v) is 5.11. The van der Waals surface area contributed by atoms with Crippen molar-refractivity contribution in [2.75, 3.05) is 32.3 Å². The van der Waals surface area contributed by atoms with Crippen LogP contribution in [0.25, 0.3) is 11.2 Å². The summed E-state index contributed by atoms with van der Waals surface area (Å²) >= 11 is 0. The number of para-hydroxylation sites is 2. The number of hydrogen-bond donors (Lipinski definition) is 1. The average molecular weight is 513 g/mol. The number of hydrogen-bond acceptors (Lipinski definition) is 12. The van der Waals surface area contributed by atoms with E-state index in [2.05, 4.69) is 15.0 Å². The minimum Gasteiger partial charge on any atom is -0.453 e. The maximum absolute atomic E-state index is 14.0. The maximum Gasteiger partial charge on any atom is 0.456 e. The molecular formula is C22H20N5O8P. The molecule has 36 heavy (non-hydrogen) atoms. The SMILES string of the molecule is Nc1ncnc2c1ncn2CCOCP(=O)(Oc1cccc2c1OCO2)Oc1cccc2c1OCO2. The normalized spacial score (nSPS) is 13.8. The van der Waals surface area contributed by atoms with Crippen LogP contribution >= 0.6 is 7.60 Å². The predicted octanol–water partition coefficient (Wildman–Crippen LogP) is 3.19. The van der Waals surface area contributed by atoms with Crippen molar-refractivity contribution in [1.82, 2.24) is 19.5 Å². The van der Waals surface area contributed by atoms with E-state index in [9.17, 15) is 4.57 Å². The highest BCUT2D eigenvalue weighted by Gasteiger charge is 2.34. The zero-order chi connectivity index (χ0) is 24.5. The second-order valence-corrected chi connectivity index (χ2v) is 9.52. The number of nitrogen functional groups attached to an aromatic ring is 1. The highest BCUT2D eigenvalue weighted by molar-refractivity contribution is 7.54. The molecule has 2 aliphatic rings. The van der Waals surface area contributed by atoms with Crippen LogP contribution < -0.4 is 33.7 Å². The molecule has 2 aliphatic heterocycles. The lowest BCUT2D eigenvalue weighted by molar-refractivity contribution is 0.150. The monoisotopic (exact) mass is 513 g/mol. The van der Waals surface area contributed by atoms with Gasteiger partial charge in [0.1, 0.15) is 11.8 Å². The molecule has 14 heteroatoms. The van der Waals surface area contributed by atoms with Gasteiger partial charge in [0.25, 0.3) is 0 Å². The van der Waals surface area contributed by atoms with E-state index in [1.807, 2.05) is 0 Å². The van der Waals surface area contributed by atoms with Gasteiger partial charge in [-0.05, 0) is 24.3 Å². The Morgan fingerprint density at radius 2 is 1.58 bits per heavy atom. The van der Waals surface area contributed by atoms with Gasteiger partial charge in [-0.25, -0.2) is 19.5 Å². The van der Waals surface area contributed by atoms with E-state index in [-0.39, 0.29) is 43.9 Å². The Bertz CT molecular complexity index is 1410. The van der Waals surface area contributed by atoms with Crippen molar-refractivity contribution in [2.45, 2.75) is 6.54 Å². The largest absolute Gasteiger partial charge is 0.456 e. The number of imidazole rings is 1. The summed E-state index contributed by atoms with van der Waals surface area (Å²) in [5.74, 6) is 2.32. The van der Waals surface area contributed by atoms with E-state index < -0.39 is 7.60 Å². The third kappa shape index (κ3) is 4.18. The average Bonchev–Trinajstić information content (AvgIpc) is 3.62. The van der Waals surface area contributed by atoms with Crippen LogP contribution in [0, 0.1) is 0 Å². The number of rotatable bonds is 9. The topological polar surface area (TPSA) is 151 Å². The maximum atomic E-state index is 14.0. The van der Waals surface area contributed by atoms with E-state index in [1.165, 1.54) is 6.33 Å². The third-order valence-corrected chi connectivity index (χ3v) is 6.80. The summed E-state index contributed by atoms with van der Waals surface area (Å²) < 4.78 is 55.0. The molecule has 0 amide bonds. The van der Waals surface area contributed by atoms with E-state index in [1.54, 1.807) is 47.3 Å². The summed E-state index contributed by atoms with van der Waals surface area (Å²) in [4.78, 5) is 12.4. The third-order valence-electron chi connectivity index (χ3n) is 5.35. The molecule has 0 saturated heterocycles. The van der Waals surface area contributed by atoms with Gasteiger partial charge in [0.15, 0.2) is 40.8 Å². The van der Waals surface area contributed by atoms with Crippen molar-refractivity contribution < 1.29 is 37.3 Å². The molecule has 0 unspecified atom stereocenters. The Morgan fingerprint density at radius 1 is 0.917 bits per heavy atom. The van der Waals surface area contributed by atoms with Gasteiger partial charge in [-0.15, -0.1) is 0 Å². The van der Waals surface area contributed by atoms with Gasteiger partial charge >= 0.3 is 7.60 Å². The molecule has 2 aromatic carbocycles. The first-order chi connectivity index (χ1) is 17.6. The van der Waals surface area contributed by atoms with Gasteiger partial charge in [0.05, 0.1) is 12.9 Å². The Morgan fingerprint density at radius 3 is 2.25 bits per heavy atom. The summed E-state index contributed by atoms with van der Waals surface area (Å²) in [7, 11) is -3.95. The van der Waals surface area contributed by atoms with Crippen LogP contribution in [0.2, 0.25) is 0 Å². The fraction of sp³-hybridized carbons (Fsp3) is 0.227. The molecule has 13 nitrogen and oxygen atoms in total. The second kappa shape index (κ2) is 9.10. The number of ether oxygens (including phenoxy) is 5. The predicted molar refractivity (Wildman–Crippen MR) is 125 cm³/mol. The Balaban J connectivity index is 1.21. The standard InChI is InChI=1S/C22H20N5O8P/c23-21-18-22(25-9-24-21)27(10-26-18)7-8-29-13-36(28,34-16-5-1-3-14-19(16)32-11-30-14)35-17-6-2-4-15-20(17)33-12-31-15/h1-6,9-10H,7-8,11-13H2,(H2,23,24,25).